The fourth-order valence-electron chi connectivity index (χ4n) is 2.83. The molecular formula is C19H25NO2. The molecule has 0 aliphatic carbocycles. The van der Waals surface area contributed by atoms with Crippen LogP contribution < -0.4 is 15.2 Å². The lowest BCUT2D eigenvalue weighted by atomic mass is 9.96. The van der Waals surface area contributed by atoms with Crippen LogP contribution in [0.2, 0.25) is 0 Å². The number of rotatable bonds is 7. The zero-order valence-corrected chi connectivity index (χ0v) is 13.7. The molecule has 0 unspecified atom stereocenters. The van der Waals surface area contributed by atoms with Crippen molar-refractivity contribution in [3.63, 3.8) is 0 Å². The number of benzene rings is 2. The quantitative estimate of drug-likeness (QED) is 0.853. The summed E-state index contributed by atoms with van der Waals surface area (Å²) in [4.78, 5) is 0. The van der Waals surface area contributed by atoms with Crippen LogP contribution in [0.3, 0.4) is 0 Å². The highest BCUT2D eigenvalue weighted by Gasteiger charge is 2.14. The number of hydrogen-bond donors (Lipinski definition) is 1. The summed E-state index contributed by atoms with van der Waals surface area (Å²) in [6, 6.07) is 12.7. The van der Waals surface area contributed by atoms with Gasteiger partial charge in [-0.25, -0.2) is 0 Å². The van der Waals surface area contributed by atoms with Crippen LogP contribution in [-0.2, 0) is 19.3 Å². The smallest absolute Gasteiger partial charge is 0.164 e. The Kier molecular flexibility index (Phi) is 5.84. The monoisotopic (exact) mass is 299 g/mol. The van der Waals surface area contributed by atoms with Gasteiger partial charge >= 0.3 is 0 Å². The molecule has 3 heteroatoms. The van der Waals surface area contributed by atoms with E-state index in [9.17, 15) is 0 Å². The molecule has 0 aromatic heterocycles. The molecule has 0 aliphatic rings. The second-order valence-electron chi connectivity index (χ2n) is 5.47. The molecule has 2 N–H and O–H groups in total. The molecule has 0 radical (unpaired) electrons. The van der Waals surface area contributed by atoms with Gasteiger partial charge in [-0.2, -0.15) is 0 Å². The predicted molar refractivity (Wildman–Crippen MR) is 90.9 cm³/mol. The zero-order chi connectivity index (χ0) is 15.9. The molecule has 0 saturated heterocycles. The van der Waals surface area contributed by atoms with Gasteiger partial charge in [0, 0.05) is 5.56 Å². The van der Waals surface area contributed by atoms with Crippen molar-refractivity contribution in [1.29, 1.82) is 0 Å². The highest BCUT2D eigenvalue weighted by atomic mass is 16.5. The van der Waals surface area contributed by atoms with Crippen LogP contribution >= 0.6 is 0 Å². The van der Waals surface area contributed by atoms with E-state index in [0.717, 1.165) is 30.8 Å². The molecule has 0 heterocycles. The normalized spacial score (nSPS) is 10.5. The van der Waals surface area contributed by atoms with E-state index in [1.54, 1.807) is 14.2 Å². The summed E-state index contributed by atoms with van der Waals surface area (Å²) in [6.07, 6.45) is 2.74. The van der Waals surface area contributed by atoms with Gasteiger partial charge in [-0.3, -0.25) is 0 Å². The van der Waals surface area contributed by atoms with E-state index in [2.05, 4.69) is 37.3 Å². The SMILES string of the molecule is COc1ccc(CCN)c(CCc2cccc(C)c2)c1OC. The first-order chi connectivity index (χ1) is 10.7. The lowest BCUT2D eigenvalue weighted by Gasteiger charge is -2.17. The van der Waals surface area contributed by atoms with Gasteiger partial charge in [-0.05, 0) is 49.9 Å². The van der Waals surface area contributed by atoms with E-state index >= 15 is 0 Å². The Morgan fingerprint density at radius 2 is 1.77 bits per heavy atom. The van der Waals surface area contributed by atoms with Gasteiger partial charge in [0.25, 0.3) is 0 Å². The van der Waals surface area contributed by atoms with Crippen LogP contribution in [0.1, 0.15) is 22.3 Å². The molecular weight excluding hydrogens is 274 g/mol. The van der Waals surface area contributed by atoms with Crippen molar-refractivity contribution in [2.75, 3.05) is 20.8 Å². The van der Waals surface area contributed by atoms with E-state index < -0.39 is 0 Å². The lowest BCUT2D eigenvalue weighted by molar-refractivity contribution is 0.351. The van der Waals surface area contributed by atoms with Gasteiger partial charge in [0.2, 0.25) is 0 Å². The minimum absolute atomic E-state index is 0.632. The minimum atomic E-state index is 0.632. The average Bonchev–Trinajstić information content (AvgIpc) is 2.53. The van der Waals surface area contributed by atoms with Gasteiger partial charge in [0.15, 0.2) is 11.5 Å². The van der Waals surface area contributed by atoms with Crippen molar-refractivity contribution in [1.82, 2.24) is 0 Å². The van der Waals surface area contributed by atoms with Gasteiger partial charge < -0.3 is 15.2 Å². The van der Waals surface area contributed by atoms with Gasteiger partial charge in [-0.1, -0.05) is 35.9 Å². The van der Waals surface area contributed by atoms with Crippen LogP contribution in [0.15, 0.2) is 36.4 Å². The maximum absolute atomic E-state index is 5.75. The third-order valence-corrected chi connectivity index (χ3v) is 3.91. The largest absolute Gasteiger partial charge is 0.493 e. The molecule has 0 aliphatic heterocycles. The number of ether oxygens (including phenoxy) is 2. The Balaban J connectivity index is 2.30. The van der Waals surface area contributed by atoms with E-state index in [1.807, 2.05) is 6.07 Å². The fourth-order valence-corrected chi connectivity index (χ4v) is 2.83. The third-order valence-electron chi connectivity index (χ3n) is 3.91. The minimum Gasteiger partial charge on any atom is -0.493 e. The number of aryl methyl sites for hydroxylation is 2. The van der Waals surface area contributed by atoms with Gasteiger partial charge in [0.05, 0.1) is 14.2 Å². The first-order valence-electron chi connectivity index (χ1n) is 7.68. The molecule has 22 heavy (non-hydrogen) atoms. The molecule has 2 rings (SSSR count). The third kappa shape index (κ3) is 3.80. The summed E-state index contributed by atoms with van der Waals surface area (Å²) < 4.78 is 11.0. The predicted octanol–water partition coefficient (Wildman–Crippen LogP) is 3.30. The van der Waals surface area contributed by atoms with Crippen LogP contribution in [0.25, 0.3) is 0 Å². The number of methoxy groups -OCH3 is 2. The van der Waals surface area contributed by atoms with Crippen molar-refractivity contribution < 1.29 is 9.47 Å². The first kappa shape index (κ1) is 16.4. The van der Waals surface area contributed by atoms with Gasteiger partial charge in [0.1, 0.15) is 0 Å². The van der Waals surface area contributed by atoms with Crippen molar-refractivity contribution in [2.24, 2.45) is 5.73 Å². The van der Waals surface area contributed by atoms with Crippen molar-refractivity contribution in [2.45, 2.75) is 26.2 Å². The Labute approximate surface area is 133 Å². The van der Waals surface area contributed by atoms with Crippen molar-refractivity contribution in [3.8, 4) is 11.5 Å². The van der Waals surface area contributed by atoms with Crippen LogP contribution in [-0.4, -0.2) is 20.8 Å². The van der Waals surface area contributed by atoms with Crippen LogP contribution in [0.4, 0.5) is 0 Å². The molecule has 0 fully saturated rings. The summed E-state index contributed by atoms with van der Waals surface area (Å²) in [7, 11) is 3.37. The highest BCUT2D eigenvalue weighted by molar-refractivity contribution is 5.51. The Morgan fingerprint density at radius 3 is 2.41 bits per heavy atom. The van der Waals surface area contributed by atoms with Crippen molar-refractivity contribution in [3.05, 3.63) is 58.7 Å². The lowest BCUT2D eigenvalue weighted by Crippen LogP contribution is -2.08. The Bertz CT molecular complexity index is 623. The second kappa shape index (κ2) is 7.85. The van der Waals surface area contributed by atoms with Crippen molar-refractivity contribution >= 4 is 0 Å². The molecule has 2 aromatic carbocycles. The molecule has 118 valence electrons. The maximum Gasteiger partial charge on any atom is 0.164 e. The number of nitrogens with two attached hydrogens (primary N) is 1. The van der Waals surface area contributed by atoms with E-state index in [4.69, 9.17) is 15.2 Å². The molecule has 0 saturated carbocycles. The van der Waals surface area contributed by atoms with Gasteiger partial charge in [-0.15, -0.1) is 0 Å². The molecule has 0 amide bonds. The van der Waals surface area contributed by atoms with Crippen LogP contribution in [0.5, 0.6) is 11.5 Å². The highest BCUT2D eigenvalue weighted by Crippen LogP contribution is 2.34. The second-order valence-corrected chi connectivity index (χ2v) is 5.47. The van der Waals surface area contributed by atoms with E-state index in [1.165, 1.54) is 22.3 Å². The zero-order valence-electron chi connectivity index (χ0n) is 13.7. The molecule has 2 aromatic rings. The molecule has 0 spiro atoms. The summed E-state index contributed by atoms with van der Waals surface area (Å²) in [5.74, 6) is 1.61. The Hall–Kier alpha value is -2.00. The molecule has 3 nitrogen and oxygen atoms in total. The van der Waals surface area contributed by atoms with E-state index in [0.29, 0.717) is 6.54 Å². The first-order valence-corrected chi connectivity index (χ1v) is 7.68. The molecule has 0 bridgehead atoms. The fraction of sp³-hybridized carbons (Fsp3) is 0.368. The summed E-state index contributed by atoms with van der Waals surface area (Å²) in [5.41, 5.74) is 10.8. The Morgan fingerprint density at radius 1 is 0.955 bits per heavy atom. The van der Waals surface area contributed by atoms with Crippen LogP contribution in [0, 0.1) is 6.92 Å². The summed E-state index contributed by atoms with van der Waals surface area (Å²) in [5, 5.41) is 0. The summed E-state index contributed by atoms with van der Waals surface area (Å²) >= 11 is 0. The molecule has 0 atom stereocenters. The van der Waals surface area contributed by atoms with E-state index in [-0.39, 0.29) is 0 Å². The maximum atomic E-state index is 5.75. The number of hydrogen-bond acceptors (Lipinski definition) is 3. The topological polar surface area (TPSA) is 44.5 Å². The standard InChI is InChI=1S/C19H25NO2/c1-14-5-4-6-15(13-14)7-9-17-16(11-12-20)8-10-18(21-2)19(17)22-3/h4-6,8,10,13H,7,9,11-12,20H2,1-3H3. The average molecular weight is 299 g/mol. The summed E-state index contributed by atoms with van der Waals surface area (Å²) in [6.45, 7) is 2.75.